The molecule has 0 saturated carbocycles. The molecule has 16 heavy (non-hydrogen) atoms. The summed E-state index contributed by atoms with van der Waals surface area (Å²) in [6, 6.07) is 0. The lowest BCUT2D eigenvalue weighted by atomic mass is 10.5. The number of nitrogens with one attached hydrogen (secondary N) is 1. The van der Waals surface area contributed by atoms with Gasteiger partial charge in [0.1, 0.15) is 13.2 Å². The van der Waals surface area contributed by atoms with E-state index in [4.69, 9.17) is 10.6 Å². The molecule has 0 fully saturated rings. The van der Waals surface area contributed by atoms with Crippen LogP contribution in [0.5, 0.6) is 0 Å². The number of oxime groups is 1. The van der Waals surface area contributed by atoms with Crippen molar-refractivity contribution in [3.8, 4) is 0 Å². The van der Waals surface area contributed by atoms with Crippen LogP contribution >= 0.6 is 0 Å². The van der Waals surface area contributed by atoms with Gasteiger partial charge in [0, 0.05) is 0 Å². The molecule has 96 valence electrons. The number of guanidine groups is 1. The predicted octanol–water partition coefficient (Wildman–Crippen LogP) is -2.34. The summed E-state index contributed by atoms with van der Waals surface area (Å²) in [6.07, 6.45) is 0. The molecule has 0 heterocycles. The highest BCUT2D eigenvalue weighted by Gasteiger charge is 2.06. The highest BCUT2D eigenvalue weighted by molar-refractivity contribution is 7.84. The van der Waals surface area contributed by atoms with Gasteiger partial charge in [0.05, 0.1) is 21.1 Å². The van der Waals surface area contributed by atoms with E-state index in [0.29, 0.717) is 11.1 Å². The molecule has 5 N–H and O–H groups in total. The van der Waals surface area contributed by atoms with Crippen LogP contribution in [0, 0.1) is 0 Å². The minimum absolute atomic E-state index is 0.338. The first-order chi connectivity index (χ1) is 7.10. The number of hydrogen-bond donors (Lipinski definition) is 3. The van der Waals surface area contributed by atoms with E-state index in [0.717, 1.165) is 6.54 Å². The van der Waals surface area contributed by atoms with Gasteiger partial charge in [-0.05, 0) is 5.16 Å². The van der Waals surface area contributed by atoms with E-state index in [-0.39, 0.29) is 5.96 Å². The number of nitrogens with two attached hydrogens (primary N) is 2. The first-order valence-corrected chi connectivity index (χ1v) is 5.80. The lowest BCUT2D eigenvalue weighted by Crippen LogP contribution is -2.40. The van der Waals surface area contributed by atoms with E-state index in [1.165, 1.54) is 0 Å². The van der Waals surface area contributed by atoms with E-state index in [9.17, 15) is 8.42 Å². The van der Waals surface area contributed by atoms with Crippen LogP contribution in [-0.4, -0.2) is 53.2 Å². The second-order valence-electron chi connectivity index (χ2n) is 4.01. The van der Waals surface area contributed by atoms with Gasteiger partial charge in [-0.1, -0.05) is 0 Å². The van der Waals surface area contributed by atoms with E-state index in [1.807, 2.05) is 21.1 Å². The molecule has 0 radical (unpaired) electrons. The molecule has 0 spiro atoms. The van der Waals surface area contributed by atoms with Crippen molar-refractivity contribution in [2.45, 2.75) is 0 Å². The maximum Gasteiger partial charge on any atom is 0.399 e. The van der Waals surface area contributed by atoms with Crippen molar-refractivity contribution >= 4 is 16.3 Å². The molecular formula is C6H18N5O4S+. The van der Waals surface area contributed by atoms with Crippen molar-refractivity contribution in [2.24, 2.45) is 16.0 Å². The second-order valence-corrected chi connectivity index (χ2v) is 5.14. The fraction of sp³-hybridized carbons (Fsp3) is 0.833. The number of likely N-dealkylation sites (N-methyl/N-ethyl adjacent to an activating group) is 1. The van der Waals surface area contributed by atoms with E-state index in [2.05, 4.69) is 20.1 Å². The molecule has 0 unspecified atom stereocenters. The Kier molecular flexibility index (Phi) is 5.44. The summed E-state index contributed by atoms with van der Waals surface area (Å²) in [7, 11) is 1.83. The molecule has 0 aliphatic heterocycles. The molecule has 0 aliphatic rings. The lowest BCUT2D eigenvalue weighted by Gasteiger charge is -2.23. The Morgan fingerprint density at radius 3 is 2.44 bits per heavy atom. The largest absolute Gasteiger partial charge is 0.399 e. The molecule has 0 aliphatic carbocycles. The third kappa shape index (κ3) is 11.0. The van der Waals surface area contributed by atoms with Gasteiger partial charge in [0.15, 0.2) is 0 Å². The first kappa shape index (κ1) is 14.9. The summed E-state index contributed by atoms with van der Waals surface area (Å²) >= 11 is 0. The van der Waals surface area contributed by atoms with Gasteiger partial charge in [0.2, 0.25) is 0 Å². The van der Waals surface area contributed by atoms with Crippen LogP contribution in [0.4, 0.5) is 0 Å². The van der Waals surface area contributed by atoms with Crippen LogP contribution in [0.1, 0.15) is 0 Å². The average molecular weight is 256 g/mol. The first-order valence-electron chi connectivity index (χ1n) is 4.33. The molecule has 0 amide bonds. The number of hydrogen-bond acceptors (Lipinski definition) is 5. The Balaban J connectivity index is 3.78. The third-order valence-electron chi connectivity index (χ3n) is 1.28. The maximum atomic E-state index is 10.3. The second kappa shape index (κ2) is 5.84. The summed E-state index contributed by atoms with van der Waals surface area (Å²) in [5.74, 6) is -0.338. The van der Waals surface area contributed by atoms with E-state index < -0.39 is 10.3 Å². The van der Waals surface area contributed by atoms with Crippen molar-refractivity contribution in [3.05, 3.63) is 0 Å². The Labute approximate surface area is 94.8 Å². The molecule has 9 nitrogen and oxygen atoms in total. The molecule has 0 aromatic carbocycles. The van der Waals surface area contributed by atoms with Crippen LogP contribution in [0.15, 0.2) is 5.16 Å². The Hall–Kier alpha value is -1.10. The summed E-state index contributed by atoms with van der Waals surface area (Å²) in [5.41, 5.74) is 7.40. The van der Waals surface area contributed by atoms with E-state index in [1.54, 1.807) is 0 Å². The minimum atomic E-state index is -4.14. The van der Waals surface area contributed by atoms with Crippen LogP contribution < -0.4 is 16.4 Å². The number of rotatable bonds is 6. The number of nitrogens with zero attached hydrogens (tertiary/aromatic N) is 2. The molecule has 0 atom stereocenters. The summed E-state index contributed by atoms with van der Waals surface area (Å²) in [5, 5.41) is 7.48. The smallest absolute Gasteiger partial charge is 0.365 e. The zero-order valence-electron chi connectivity index (χ0n) is 9.50. The van der Waals surface area contributed by atoms with Gasteiger partial charge >= 0.3 is 10.3 Å². The van der Waals surface area contributed by atoms with Crippen LogP contribution in [0.3, 0.4) is 0 Å². The quantitative estimate of drug-likeness (QED) is 0.161. The highest BCUT2D eigenvalue weighted by Crippen LogP contribution is 1.88. The lowest BCUT2D eigenvalue weighted by molar-refractivity contribution is -0.870. The predicted molar refractivity (Wildman–Crippen MR) is 57.8 cm³/mol. The normalized spacial score (nSPS) is 13.6. The van der Waals surface area contributed by atoms with Gasteiger partial charge in [-0.2, -0.15) is 13.6 Å². The maximum absolute atomic E-state index is 10.3. The Morgan fingerprint density at radius 2 is 2.00 bits per heavy atom. The number of quaternary nitrogens is 1. The molecule has 10 heteroatoms. The van der Waals surface area contributed by atoms with Gasteiger partial charge < -0.3 is 10.2 Å². The van der Waals surface area contributed by atoms with Crippen molar-refractivity contribution in [3.63, 3.8) is 0 Å². The van der Waals surface area contributed by atoms with Gasteiger partial charge in [-0.25, -0.2) is 5.48 Å². The Morgan fingerprint density at radius 1 is 1.44 bits per heavy atom. The number of hydroxylamine groups is 1. The molecule has 0 aromatic heterocycles. The molecule has 0 bridgehead atoms. The monoisotopic (exact) mass is 256 g/mol. The van der Waals surface area contributed by atoms with Gasteiger partial charge in [-0.15, -0.1) is 0 Å². The summed E-state index contributed by atoms with van der Waals surface area (Å²) < 4.78 is 25.2. The molecule has 0 rings (SSSR count). The van der Waals surface area contributed by atoms with E-state index >= 15 is 0 Å². The van der Waals surface area contributed by atoms with Crippen molar-refractivity contribution in [1.82, 2.24) is 5.48 Å². The van der Waals surface area contributed by atoms with Gasteiger partial charge in [-0.3, -0.25) is 9.12 Å². The third-order valence-corrected chi connectivity index (χ3v) is 1.56. The minimum Gasteiger partial charge on any atom is -0.365 e. The zero-order valence-corrected chi connectivity index (χ0v) is 10.3. The Bertz CT molecular complexity index is 333. The van der Waals surface area contributed by atoms with Crippen LogP contribution in [-0.2, 0) is 19.4 Å². The molecular weight excluding hydrogens is 238 g/mol. The highest BCUT2D eigenvalue weighted by atomic mass is 32.2. The van der Waals surface area contributed by atoms with Crippen molar-refractivity contribution in [2.75, 3.05) is 34.3 Å². The SMILES string of the molecule is C[N+](C)(C)CCONC(N)=NOS(N)(=O)=O. The summed E-state index contributed by atoms with van der Waals surface area (Å²) in [4.78, 5) is 4.90. The van der Waals surface area contributed by atoms with Crippen molar-refractivity contribution < 1.29 is 22.0 Å². The molecule has 0 aromatic rings. The topological polar surface area (TPSA) is 129 Å². The van der Waals surface area contributed by atoms with Crippen molar-refractivity contribution in [1.29, 1.82) is 0 Å². The standard InChI is InChI=1S/C6H18N5O4S/c1-11(2,3)4-5-14-9-6(7)10-15-16(8,12)13/h4-5H2,1-3H3,(H3,7,9,10)(H2,8,12,13)/q+1. The fourth-order valence-corrected chi connectivity index (χ4v) is 0.739. The summed E-state index contributed by atoms with van der Waals surface area (Å²) in [6.45, 7) is 1.10. The molecule has 0 saturated heterocycles. The van der Waals surface area contributed by atoms with Crippen LogP contribution in [0.2, 0.25) is 0 Å². The van der Waals surface area contributed by atoms with Crippen LogP contribution in [0.25, 0.3) is 0 Å². The fourth-order valence-electron chi connectivity index (χ4n) is 0.555. The average Bonchev–Trinajstić information content (AvgIpc) is 2.06. The van der Waals surface area contributed by atoms with Gasteiger partial charge in [0.25, 0.3) is 5.96 Å². The zero-order chi connectivity index (χ0) is 12.8.